The molecule has 0 aliphatic rings. The Morgan fingerprint density at radius 1 is 1.08 bits per heavy atom. The van der Waals surface area contributed by atoms with Crippen LogP contribution in [0.3, 0.4) is 0 Å². The minimum absolute atomic E-state index is 0.0738. The molecule has 0 aromatic heterocycles. The van der Waals surface area contributed by atoms with Crippen LogP contribution in [0.1, 0.15) is 28.4 Å². The third-order valence-corrected chi connectivity index (χ3v) is 3.93. The molecule has 0 fully saturated rings. The molecule has 2 rings (SSSR count). The molecular formula is C20H22N4O2. The molecule has 0 aliphatic heterocycles. The summed E-state index contributed by atoms with van der Waals surface area (Å²) in [5, 5.41) is 14.0. The van der Waals surface area contributed by atoms with E-state index in [-0.39, 0.29) is 24.3 Å². The summed E-state index contributed by atoms with van der Waals surface area (Å²) in [6.07, 6.45) is -0.201. The van der Waals surface area contributed by atoms with E-state index in [4.69, 9.17) is 5.26 Å². The van der Waals surface area contributed by atoms with E-state index in [1.54, 1.807) is 30.3 Å². The number of anilines is 1. The summed E-state index contributed by atoms with van der Waals surface area (Å²) in [7, 11) is 3.95. The Balaban J connectivity index is 1.96. The van der Waals surface area contributed by atoms with Gasteiger partial charge in [0.2, 0.25) is 5.91 Å². The molecule has 0 radical (unpaired) electrons. The van der Waals surface area contributed by atoms with Gasteiger partial charge in [-0.05, 0) is 43.9 Å². The SMILES string of the molecule is CN(C)[C@@H](CNC(=O)c1ccc(NC(=O)CC#N)cc1)c1ccccc1. The van der Waals surface area contributed by atoms with Crippen molar-refractivity contribution < 1.29 is 9.59 Å². The highest BCUT2D eigenvalue weighted by atomic mass is 16.2. The van der Waals surface area contributed by atoms with Gasteiger partial charge in [-0.1, -0.05) is 30.3 Å². The van der Waals surface area contributed by atoms with Crippen molar-refractivity contribution >= 4 is 17.5 Å². The van der Waals surface area contributed by atoms with Crippen molar-refractivity contribution in [3.8, 4) is 6.07 Å². The van der Waals surface area contributed by atoms with E-state index >= 15 is 0 Å². The monoisotopic (exact) mass is 350 g/mol. The van der Waals surface area contributed by atoms with Crippen molar-refractivity contribution in [1.29, 1.82) is 5.26 Å². The largest absolute Gasteiger partial charge is 0.350 e. The molecular weight excluding hydrogens is 328 g/mol. The van der Waals surface area contributed by atoms with E-state index < -0.39 is 0 Å². The molecule has 0 aliphatic carbocycles. The molecule has 0 bridgehead atoms. The molecule has 0 unspecified atom stereocenters. The molecule has 2 aromatic rings. The van der Waals surface area contributed by atoms with E-state index in [1.807, 2.05) is 44.4 Å². The summed E-state index contributed by atoms with van der Waals surface area (Å²) in [6, 6.07) is 18.4. The highest BCUT2D eigenvalue weighted by Crippen LogP contribution is 2.17. The van der Waals surface area contributed by atoms with E-state index in [1.165, 1.54) is 0 Å². The Labute approximate surface area is 153 Å². The maximum absolute atomic E-state index is 12.4. The zero-order valence-electron chi connectivity index (χ0n) is 14.9. The highest BCUT2D eigenvalue weighted by molar-refractivity contribution is 5.96. The summed E-state index contributed by atoms with van der Waals surface area (Å²) in [6.45, 7) is 0.483. The molecule has 26 heavy (non-hydrogen) atoms. The minimum atomic E-state index is -0.374. The van der Waals surface area contributed by atoms with Gasteiger partial charge in [0.1, 0.15) is 6.42 Å². The van der Waals surface area contributed by atoms with Gasteiger partial charge in [0.25, 0.3) is 5.91 Å². The predicted octanol–water partition coefficient (Wildman–Crippen LogP) is 2.57. The first kappa shape index (κ1) is 19.2. The molecule has 1 atom stereocenters. The van der Waals surface area contributed by atoms with Crippen LogP contribution in [-0.2, 0) is 4.79 Å². The number of carbonyl (C=O) groups excluding carboxylic acids is 2. The normalized spacial score (nSPS) is 11.5. The molecule has 0 heterocycles. The fourth-order valence-electron chi connectivity index (χ4n) is 2.55. The molecule has 134 valence electrons. The van der Waals surface area contributed by atoms with Gasteiger partial charge in [0.15, 0.2) is 0 Å². The van der Waals surface area contributed by atoms with Crippen LogP contribution in [0.2, 0.25) is 0 Å². The second-order valence-electron chi connectivity index (χ2n) is 6.06. The molecule has 0 spiro atoms. The van der Waals surface area contributed by atoms with Crippen molar-refractivity contribution in [2.75, 3.05) is 26.0 Å². The van der Waals surface area contributed by atoms with Crippen molar-refractivity contribution in [2.24, 2.45) is 0 Å². The van der Waals surface area contributed by atoms with Crippen molar-refractivity contribution in [3.63, 3.8) is 0 Å². The third kappa shape index (κ3) is 5.43. The second-order valence-corrected chi connectivity index (χ2v) is 6.06. The number of amides is 2. The van der Waals surface area contributed by atoms with Gasteiger partial charge in [-0.3, -0.25) is 9.59 Å². The summed E-state index contributed by atoms with van der Waals surface area (Å²) >= 11 is 0. The van der Waals surface area contributed by atoms with Crippen LogP contribution in [0.4, 0.5) is 5.69 Å². The first-order valence-corrected chi connectivity index (χ1v) is 8.27. The maximum Gasteiger partial charge on any atom is 0.251 e. The average Bonchev–Trinajstić information content (AvgIpc) is 2.63. The van der Waals surface area contributed by atoms with E-state index in [0.717, 1.165) is 5.56 Å². The number of likely N-dealkylation sites (N-methyl/N-ethyl adjacent to an activating group) is 1. The average molecular weight is 350 g/mol. The minimum Gasteiger partial charge on any atom is -0.350 e. The van der Waals surface area contributed by atoms with Crippen LogP contribution in [-0.4, -0.2) is 37.4 Å². The van der Waals surface area contributed by atoms with Gasteiger partial charge >= 0.3 is 0 Å². The third-order valence-electron chi connectivity index (χ3n) is 3.93. The lowest BCUT2D eigenvalue weighted by atomic mass is 10.1. The first-order valence-electron chi connectivity index (χ1n) is 8.27. The molecule has 2 aromatic carbocycles. The van der Waals surface area contributed by atoms with Gasteiger partial charge in [0.05, 0.1) is 12.1 Å². The Hall–Kier alpha value is -3.17. The van der Waals surface area contributed by atoms with Crippen LogP contribution < -0.4 is 10.6 Å². The number of carbonyl (C=O) groups is 2. The van der Waals surface area contributed by atoms with Gasteiger partial charge in [-0.15, -0.1) is 0 Å². The number of nitrogens with one attached hydrogen (secondary N) is 2. The summed E-state index contributed by atoms with van der Waals surface area (Å²) < 4.78 is 0. The number of nitrogens with zero attached hydrogens (tertiary/aromatic N) is 2. The van der Waals surface area contributed by atoms with Crippen LogP contribution in [0.25, 0.3) is 0 Å². The van der Waals surface area contributed by atoms with E-state index in [9.17, 15) is 9.59 Å². The van der Waals surface area contributed by atoms with E-state index in [2.05, 4.69) is 15.5 Å². The number of benzene rings is 2. The molecule has 0 saturated heterocycles. The van der Waals surface area contributed by atoms with E-state index in [0.29, 0.717) is 17.8 Å². The summed E-state index contributed by atoms with van der Waals surface area (Å²) in [5.74, 6) is -0.552. The predicted molar refractivity (Wildman–Crippen MR) is 101 cm³/mol. The van der Waals surface area contributed by atoms with Crippen molar-refractivity contribution in [1.82, 2.24) is 10.2 Å². The lowest BCUT2D eigenvalue weighted by Gasteiger charge is -2.25. The van der Waals surface area contributed by atoms with Crippen LogP contribution in [0.15, 0.2) is 54.6 Å². The fraction of sp³-hybridized carbons (Fsp3) is 0.250. The number of nitriles is 1. The fourth-order valence-corrected chi connectivity index (χ4v) is 2.55. The lowest BCUT2D eigenvalue weighted by Crippen LogP contribution is -2.34. The zero-order valence-corrected chi connectivity index (χ0v) is 14.9. The van der Waals surface area contributed by atoms with Crippen LogP contribution in [0.5, 0.6) is 0 Å². The lowest BCUT2D eigenvalue weighted by molar-refractivity contribution is -0.115. The van der Waals surface area contributed by atoms with Gasteiger partial charge in [-0.25, -0.2) is 0 Å². The topological polar surface area (TPSA) is 85.2 Å². The van der Waals surface area contributed by atoms with Crippen LogP contribution in [0, 0.1) is 11.3 Å². The van der Waals surface area contributed by atoms with Gasteiger partial charge < -0.3 is 15.5 Å². The Kier molecular flexibility index (Phi) is 6.89. The molecule has 2 amide bonds. The summed E-state index contributed by atoms with van der Waals surface area (Å²) in [5.41, 5.74) is 2.19. The molecule has 2 N–H and O–H groups in total. The standard InChI is InChI=1S/C20H22N4O2/c1-24(2)18(15-6-4-3-5-7-15)14-22-20(26)16-8-10-17(11-9-16)23-19(25)12-13-21/h3-11,18H,12,14H2,1-2H3,(H,22,26)(H,23,25)/t18-/m0/s1. The number of rotatable bonds is 7. The quantitative estimate of drug-likeness (QED) is 0.804. The van der Waals surface area contributed by atoms with Crippen molar-refractivity contribution in [3.05, 3.63) is 65.7 Å². The smallest absolute Gasteiger partial charge is 0.251 e. The Bertz CT molecular complexity index is 780. The highest BCUT2D eigenvalue weighted by Gasteiger charge is 2.15. The number of hydrogen-bond acceptors (Lipinski definition) is 4. The molecule has 6 nitrogen and oxygen atoms in total. The maximum atomic E-state index is 12.4. The zero-order chi connectivity index (χ0) is 18.9. The van der Waals surface area contributed by atoms with Gasteiger partial charge in [-0.2, -0.15) is 5.26 Å². The Morgan fingerprint density at radius 3 is 2.31 bits per heavy atom. The molecule has 6 heteroatoms. The van der Waals surface area contributed by atoms with Crippen LogP contribution >= 0.6 is 0 Å². The first-order chi connectivity index (χ1) is 12.5. The van der Waals surface area contributed by atoms with Gasteiger partial charge in [0, 0.05) is 17.8 Å². The Morgan fingerprint density at radius 2 is 1.73 bits per heavy atom. The number of hydrogen-bond donors (Lipinski definition) is 2. The molecule has 0 saturated carbocycles. The summed E-state index contributed by atoms with van der Waals surface area (Å²) in [4.78, 5) is 25.8. The second kappa shape index (κ2) is 9.35. The van der Waals surface area contributed by atoms with Crippen molar-refractivity contribution in [2.45, 2.75) is 12.5 Å².